The lowest BCUT2D eigenvalue weighted by Crippen LogP contribution is -2.54. The second kappa shape index (κ2) is 8.43. The second-order valence-corrected chi connectivity index (χ2v) is 6.03. The Morgan fingerprint density at radius 2 is 1.83 bits per heavy atom. The van der Waals surface area contributed by atoms with Crippen LogP contribution in [0.15, 0.2) is 48.0 Å². The number of nitrogens with zero attached hydrogens (tertiary/aromatic N) is 1. The van der Waals surface area contributed by atoms with E-state index in [1.54, 1.807) is 0 Å². The number of carboxylic acids is 1. The maximum atomic E-state index is 13.2. The summed E-state index contributed by atoms with van der Waals surface area (Å²) >= 11 is 0. The number of rotatable bonds is 6. The fourth-order valence-electron chi connectivity index (χ4n) is 2.68. The van der Waals surface area contributed by atoms with E-state index in [1.165, 1.54) is 43.5 Å². The van der Waals surface area contributed by atoms with Crippen LogP contribution in [0, 0.1) is 5.82 Å². The van der Waals surface area contributed by atoms with Gasteiger partial charge >= 0.3 is 12.0 Å². The van der Waals surface area contributed by atoms with Crippen LogP contribution in [-0.4, -0.2) is 42.6 Å². The number of carbonyl (C=O) groups excluding carboxylic acids is 3. The zero-order valence-electron chi connectivity index (χ0n) is 15.5. The summed E-state index contributed by atoms with van der Waals surface area (Å²) in [5.74, 6) is -3.16. The van der Waals surface area contributed by atoms with Crippen LogP contribution in [0.2, 0.25) is 0 Å². The molecule has 2 aromatic carbocycles. The molecule has 3 rings (SSSR count). The molecule has 0 spiro atoms. The molecule has 2 N–H and O–H groups in total. The SMILES string of the molecule is COc1cc(/C=C2/C(=O)NC(=O)N(c3ccc(F)cc3)C2=O)ccc1OCC(=O)O. The van der Waals surface area contributed by atoms with E-state index in [0.717, 1.165) is 12.1 Å². The van der Waals surface area contributed by atoms with Crippen molar-refractivity contribution in [2.75, 3.05) is 18.6 Å². The molecule has 0 unspecified atom stereocenters. The van der Waals surface area contributed by atoms with E-state index in [1.807, 2.05) is 0 Å². The lowest BCUT2D eigenvalue weighted by Gasteiger charge is -2.26. The molecule has 10 heteroatoms. The zero-order valence-corrected chi connectivity index (χ0v) is 15.5. The standard InChI is InChI=1S/C20H15FN2O7/c1-29-16-9-11(2-7-15(16)30-10-17(24)25)8-14-18(26)22-20(28)23(19(14)27)13-5-3-12(21)4-6-13/h2-9H,10H2,1H3,(H,24,25)(H,22,26,28)/b14-8-. The highest BCUT2D eigenvalue weighted by molar-refractivity contribution is 6.39. The summed E-state index contributed by atoms with van der Waals surface area (Å²) in [5.41, 5.74) is 0.119. The smallest absolute Gasteiger partial charge is 0.341 e. The van der Waals surface area contributed by atoms with Gasteiger partial charge in [-0.2, -0.15) is 0 Å². The molecule has 1 aliphatic heterocycles. The number of methoxy groups -OCH3 is 1. The Bertz CT molecular complexity index is 1060. The minimum atomic E-state index is -1.17. The third-order valence-corrected chi connectivity index (χ3v) is 4.04. The van der Waals surface area contributed by atoms with Crippen LogP contribution in [0.4, 0.5) is 14.9 Å². The molecule has 4 amide bonds. The summed E-state index contributed by atoms with van der Waals surface area (Å²) in [5, 5.41) is 10.8. The number of amides is 4. The van der Waals surface area contributed by atoms with E-state index in [-0.39, 0.29) is 22.8 Å². The summed E-state index contributed by atoms with van der Waals surface area (Å²) in [6.07, 6.45) is 1.24. The van der Waals surface area contributed by atoms with Crippen LogP contribution >= 0.6 is 0 Å². The summed E-state index contributed by atoms with van der Waals surface area (Å²) in [6, 6.07) is 8.00. The molecule has 0 saturated carbocycles. The van der Waals surface area contributed by atoms with E-state index >= 15 is 0 Å². The molecular formula is C20H15FN2O7. The third kappa shape index (κ3) is 4.27. The van der Waals surface area contributed by atoms with Gasteiger partial charge in [-0.1, -0.05) is 6.07 Å². The molecule has 1 aliphatic rings. The highest BCUT2D eigenvalue weighted by Gasteiger charge is 2.36. The predicted octanol–water partition coefficient (Wildman–Crippen LogP) is 1.96. The summed E-state index contributed by atoms with van der Waals surface area (Å²) < 4.78 is 23.4. The van der Waals surface area contributed by atoms with Crippen LogP contribution in [0.25, 0.3) is 6.08 Å². The average molecular weight is 414 g/mol. The predicted molar refractivity (Wildman–Crippen MR) is 102 cm³/mol. The first-order chi connectivity index (χ1) is 14.3. The lowest BCUT2D eigenvalue weighted by molar-refractivity contribution is -0.139. The molecule has 1 heterocycles. The molecule has 9 nitrogen and oxygen atoms in total. The molecule has 0 atom stereocenters. The van der Waals surface area contributed by atoms with Gasteiger partial charge in [0, 0.05) is 0 Å². The van der Waals surface area contributed by atoms with Crippen molar-refractivity contribution in [2.24, 2.45) is 0 Å². The number of hydrogen-bond acceptors (Lipinski definition) is 6. The third-order valence-electron chi connectivity index (χ3n) is 4.04. The molecule has 154 valence electrons. The van der Waals surface area contributed by atoms with Gasteiger partial charge in [-0.05, 0) is 48.0 Å². The van der Waals surface area contributed by atoms with Gasteiger partial charge in [0.05, 0.1) is 12.8 Å². The molecule has 0 radical (unpaired) electrons. The van der Waals surface area contributed by atoms with Crippen LogP contribution in [0.1, 0.15) is 5.56 Å². The van der Waals surface area contributed by atoms with Gasteiger partial charge < -0.3 is 14.6 Å². The largest absolute Gasteiger partial charge is 0.493 e. The van der Waals surface area contributed by atoms with Crippen molar-refractivity contribution in [1.29, 1.82) is 0 Å². The van der Waals surface area contributed by atoms with Crippen molar-refractivity contribution in [1.82, 2.24) is 5.32 Å². The highest BCUT2D eigenvalue weighted by atomic mass is 19.1. The maximum absolute atomic E-state index is 13.2. The highest BCUT2D eigenvalue weighted by Crippen LogP contribution is 2.30. The Morgan fingerprint density at radius 1 is 1.13 bits per heavy atom. The Kier molecular flexibility index (Phi) is 5.77. The fourth-order valence-corrected chi connectivity index (χ4v) is 2.68. The Hall–Kier alpha value is -4.21. The van der Waals surface area contributed by atoms with E-state index in [9.17, 15) is 23.6 Å². The molecular weight excluding hydrogens is 399 g/mol. The molecule has 0 bridgehead atoms. The zero-order chi connectivity index (χ0) is 21.8. The number of benzene rings is 2. The first-order valence-electron chi connectivity index (χ1n) is 8.50. The monoisotopic (exact) mass is 414 g/mol. The fraction of sp³-hybridized carbons (Fsp3) is 0.100. The maximum Gasteiger partial charge on any atom is 0.341 e. The number of barbiturate groups is 1. The number of imide groups is 2. The van der Waals surface area contributed by atoms with E-state index < -0.39 is 36.2 Å². The van der Waals surface area contributed by atoms with Crippen molar-refractivity contribution in [3.63, 3.8) is 0 Å². The van der Waals surface area contributed by atoms with Gasteiger partial charge in [0.2, 0.25) is 0 Å². The minimum Gasteiger partial charge on any atom is -0.493 e. The molecule has 1 saturated heterocycles. The number of halogens is 1. The van der Waals surface area contributed by atoms with Crippen molar-refractivity contribution in [3.8, 4) is 11.5 Å². The number of carboxylic acid groups (broad SMARTS) is 1. The first-order valence-corrected chi connectivity index (χ1v) is 8.50. The summed E-state index contributed by atoms with van der Waals surface area (Å²) in [4.78, 5) is 48.5. The number of anilines is 1. The van der Waals surface area contributed by atoms with E-state index in [4.69, 9.17) is 14.6 Å². The number of ether oxygens (including phenoxy) is 2. The Balaban J connectivity index is 1.94. The summed E-state index contributed by atoms with van der Waals surface area (Å²) in [6.45, 7) is -0.577. The number of hydrogen-bond donors (Lipinski definition) is 2. The van der Waals surface area contributed by atoms with E-state index in [0.29, 0.717) is 10.5 Å². The van der Waals surface area contributed by atoms with Crippen molar-refractivity contribution < 1.29 is 38.1 Å². The van der Waals surface area contributed by atoms with E-state index in [2.05, 4.69) is 5.32 Å². The second-order valence-electron chi connectivity index (χ2n) is 6.03. The molecule has 0 aliphatic carbocycles. The van der Waals surface area contributed by atoms with Crippen molar-refractivity contribution in [3.05, 3.63) is 59.4 Å². The van der Waals surface area contributed by atoms with Crippen molar-refractivity contribution in [2.45, 2.75) is 0 Å². The van der Waals surface area contributed by atoms with Gasteiger partial charge in [0.1, 0.15) is 11.4 Å². The van der Waals surface area contributed by atoms with Gasteiger partial charge in [-0.3, -0.25) is 14.9 Å². The first kappa shape index (κ1) is 20.5. The Morgan fingerprint density at radius 3 is 2.47 bits per heavy atom. The number of carbonyl (C=O) groups is 4. The molecule has 0 aromatic heterocycles. The van der Waals surface area contributed by atoms with Gasteiger partial charge in [-0.25, -0.2) is 18.9 Å². The number of urea groups is 1. The quantitative estimate of drug-likeness (QED) is 0.547. The van der Waals surface area contributed by atoms with Crippen LogP contribution in [-0.2, 0) is 14.4 Å². The molecule has 1 fully saturated rings. The van der Waals surface area contributed by atoms with Crippen LogP contribution in [0.3, 0.4) is 0 Å². The normalized spacial score (nSPS) is 15.2. The minimum absolute atomic E-state index is 0.0901. The lowest BCUT2D eigenvalue weighted by atomic mass is 10.1. The topological polar surface area (TPSA) is 122 Å². The number of aliphatic carboxylic acids is 1. The number of nitrogens with one attached hydrogen (secondary N) is 1. The van der Waals surface area contributed by atoms with Crippen LogP contribution in [0.5, 0.6) is 11.5 Å². The van der Waals surface area contributed by atoms with Gasteiger partial charge in [-0.15, -0.1) is 0 Å². The Labute approximate surface area is 169 Å². The van der Waals surface area contributed by atoms with Gasteiger partial charge in [0.25, 0.3) is 11.8 Å². The molecule has 2 aromatic rings. The molecule has 30 heavy (non-hydrogen) atoms. The van der Waals surface area contributed by atoms with Crippen molar-refractivity contribution >= 4 is 35.6 Å². The summed E-state index contributed by atoms with van der Waals surface area (Å²) in [7, 11) is 1.34. The van der Waals surface area contributed by atoms with Crippen LogP contribution < -0.4 is 19.7 Å². The average Bonchev–Trinajstić information content (AvgIpc) is 2.71. The van der Waals surface area contributed by atoms with Gasteiger partial charge in [0.15, 0.2) is 18.1 Å².